The summed E-state index contributed by atoms with van der Waals surface area (Å²) in [4.78, 5) is 0. The van der Waals surface area contributed by atoms with Crippen LogP contribution in [0.5, 0.6) is 0 Å². The number of hydrogen-bond donors (Lipinski definition) is 3. The molecular weight excluding hydrogens is 164 g/mol. The third-order valence-corrected chi connectivity index (χ3v) is 2.07. The van der Waals surface area contributed by atoms with Gasteiger partial charge >= 0.3 is 0 Å². The maximum Gasteiger partial charge on any atom is 0.169 e. The molecule has 0 amide bonds. The van der Waals surface area contributed by atoms with Crippen LogP contribution < -0.4 is 0 Å². The highest BCUT2D eigenvalue weighted by Crippen LogP contribution is 2.26. The summed E-state index contributed by atoms with van der Waals surface area (Å²) in [5, 5.41) is 26.9. The first-order chi connectivity index (χ1) is 5.79. The molecule has 0 radical (unpaired) electrons. The summed E-state index contributed by atoms with van der Waals surface area (Å²) in [7, 11) is 0. The van der Waals surface area contributed by atoms with E-state index in [0.717, 1.165) is 0 Å². The van der Waals surface area contributed by atoms with Crippen LogP contribution in [-0.2, 0) is 9.47 Å². The Morgan fingerprint density at radius 1 is 1.00 bits per heavy atom. The summed E-state index contributed by atoms with van der Waals surface area (Å²) in [6.07, 6.45) is -0.697. The van der Waals surface area contributed by atoms with E-state index in [-0.39, 0.29) is 19.8 Å². The standard InChI is InChI=1S/C7H14O5/c8-3-7(4-9,5-10)6-11-1-2-12-6/h6,8-10H,1-5H2. The minimum atomic E-state index is -1.07. The summed E-state index contributed by atoms with van der Waals surface area (Å²) >= 11 is 0. The summed E-state index contributed by atoms with van der Waals surface area (Å²) in [5.74, 6) is 0. The fourth-order valence-electron chi connectivity index (χ4n) is 1.09. The second-order valence-electron chi connectivity index (χ2n) is 2.91. The maximum absolute atomic E-state index is 8.96. The van der Waals surface area contributed by atoms with Crippen LogP contribution in [0.4, 0.5) is 0 Å². The minimum Gasteiger partial charge on any atom is -0.395 e. The van der Waals surface area contributed by atoms with E-state index in [2.05, 4.69) is 0 Å². The van der Waals surface area contributed by atoms with Crippen LogP contribution in [0.3, 0.4) is 0 Å². The van der Waals surface area contributed by atoms with Gasteiger partial charge in [0.05, 0.1) is 38.4 Å². The highest BCUT2D eigenvalue weighted by Gasteiger charge is 2.41. The first-order valence-electron chi connectivity index (χ1n) is 3.85. The molecule has 12 heavy (non-hydrogen) atoms. The molecule has 0 aliphatic carbocycles. The molecule has 1 aliphatic rings. The van der Waals surface area contributed by atoms with Crippen LogP contribution in [0, 0.1) is 5.41 Å². The van der Waals surface area contributed by atoms with E-state index in [1.807, 2.05) is 0 Å². The van der Waals surface area contributed by atoms with E-state index < -0.39 is 11.7 Å². The van der Waals surface area contributed by atoms with Gasteiger partial charge in [-0.05, 0) is 0 Å². The molecule has 0 atom stereocenters. The highest BCUT2D eigenvalue weighted by molar-refractivity contribution is 4.82. The van der Waals surface area contributed by atoms with Crippen LogP contribution in [0.2, 0.25) is 0 Å². The maximum atomic E-state index is 8.96. The van der Waals surface area contributed by atoms with Gasteiger partial charge in [0.25, 0.3) is 0 Å². The van der Waals surface area contributed by atoms with Crippen molar-refractivity contribution in [2.45, 2.75) is 6.29 Å². The Hall–Kier alpha value is -0.200. The van der Waals surface area contributed by atoms with Crippen molar-refractivity contribution in [3.63, 3.8) is 0 Å². The number of hydrogen-bond acceptors (Lipinski definition) is 5. The summed E-state index contributed by atoms with van der Waals surface area (Å²) in [5.41, 5.74) is -1.07. The Kier molecular flexibility index (Phi) is 3.42. The van der Waals surface area contributed by atoms with Crippen molar-refractivity contribution in [3.8, 4) is 0 Å². The third kappa shape index (κ3) is 1.60. The molecule has 1 rings (SSSR count). The van der Waals surface area contributed by atoms with Gasteiger partial charge in [-0.3, -0.25) is 0 Å². The Balaban J connectivity index is 2.61. The molecule has 1 aliphatic heterocycles. The van der Waals surface area contributed by atoms with Crippen LogP contribution in [0.15, 0.2) is 0 Å². The number of rotatable bonds is 4. The van der Waals surface area contributed by atoms with Crippen molar-refractivity contribution in [2.75, 3.05) is 33.0 Å². The third-order valence-electron chi connectivity index (χ3n) is 2.07. The topological polar surface area (TPSA) is 79.2 Å². The fourth-order valence-corrected chi connectivity index (χ4v) is 1.09. The molecule has 0 saturated carbocycles. The molecule has 1 heterocycles. The van der Waals surface area contributed by atoms with Crippen LogP contribution in [-0.4, -0.2) is 54.6 Å². The predicted octanol–water partition coefficient (Wildman–Crippen LogP) is -1.68. The first-order valence-corrected chi connectivity index (χ1v) is 3.85. The Morgan fingerprint density at radius 3 is 1.75 bits per heavy atom. The van der Waals surface area contributed by atoms with E-state index in [0.29, 0.717) is 13.2 Å². The second-order valence-corrected chi connectivity index (χ2v) is 2.91. The predicted molar refractivity (Wildman–Crippen MR) is 39.4 cm³/mol. The molecule has 1 saturated heterocycles. The van der Waals surface area contributed by atoms with E-state index in [9.17, 15) is 0 Å². The molecule has 0 bridgehead atoms. The van der Waals surface area contributed by atoms with Crippen LogP contribution in [0.1, 0.15) is 0 Å². The van der Waals surface area contributed by atoms with Gasteiger partial charge in [-0.25, -0.2) is 0 Å². The van der Waals surface area contributed by atoms with Gasteiger partial charge in [0.1, 0.15) is 0 Å². The van der Waals surface area contributed by atoms with Gasteiger partial charge in [-0.15, -0.1) is 0 Å². The van der Waals surface area contributed by atoms with E-state index >= 15 is 0 Å². The molecule has 1 fully saturated rings. The molecule has 0 aromatic carbocycles. The first kappa shape index (κ1) is 9.88. The van der Waals surface area contributed by atoms with Crippen molar-refractivity contribution in [1.82, 2.24) is 0 Å². The zero-order valence-corrected chi connectivity index (χ0v) is 6.77. The Labute approximate surface area is 70.5 Å². The van der Waals surface area contributed by atoms with E-state index in [4.69, 9.17) is 24.8 Å². The quantitative estimate of drug-likeness (QED) is 0.479. The van der Waals surface area contributed by atoms with Crippen molar-refractivity contribution in [1.29, 1.82) is 0 Å². The Morgan fingerprint density at radius 2 is 1.42 bits per heavy atom. The zero-order valence-electron chi connectivity index (χ0n) is 6.77. The van der Waals surface area contributed by atoms with Crippen molar-refractivity contribution in [3.05, 3.63) is 0 Å². The number of aliphatic hydroxyl groups is 3. The van der Waals surface area contributed by atoms with Gasteiger partial charge < -0.3 is 24.8 Å². The lowest BCUT2D eigenvalue weighted by molar-refractivity contribution is -0.180. The minimum absolute atomic E-state index is 0.356. The monoisotopic (exact) mass is 178 g/mol. The summed E-state index contributed by atoms with van der Waals surface area (Å²) in [6.45, 7) is -0.196. The summed E-state index contributed by atoms with van der Waals surface area (Å²) in [6, 6.07) is 0. The molecule has 5 nitrogen and oxygen atoms in total. The van der Waals surface area contributed by atoms with E-state index in [1.165, 1.54) is 0 Å². The molecule has 0 unspecified atom stereocenters. The van der Waals surface area contributed by atoms with Crippen molar-refractivity contribution in [2.24, 2.45) is 5.41 Å². The average molecular weight is 178 g/mol. The van der Waals surface area contributed by atoms with E-state index in [1.54, 1.807) is 0 Å². The fraction of sp³-hybridized carbons (Fsp3) is 1.00. The summed E-state index contributed by atoms with van der Waals surface area (Å²) < 4.78 is 10.2. The van der Waals surface area contributed by atoms with Crippen LogP contribution in [0.25, 0.3) is 0 Å². The average Bonchev–Trinajstić information content (AvgIpc) is 2.62. The molecule has 0 aromatic rings. The van der Waals surface area contributed by atoms with Crippen LogP contribution >= 0.6 is 0 Å². The van der Waals surface area contributed by atoms with Gasteiger partial charge in [0.15, 0.2) is 6.29 Å². The van der Waals surface area contributed by atoms with Gasteiger partial charge in [0, 0.05) is 0 Å². The Bertz CT molecular complexity index is 119. The molecular formula is C7H14O5. The lowest BCUT2D eigenvalue weighted by Gasteiger charge is -2.31. The molecule has 72 valence electrons. The SMILES string of the molecule is OCC(CO)(CO)C1OCCO1. The number of ether oxygens (including phenoxy) is 2. The van der Waals surface area contributed by atoms with Crippen molar-refractivity contribution < 1.29 is 24.8 Å². The molecule has 5 heteroatoms. The number of aliphatic hydroxyl groups excluding tert-OH is 3. The molecule has 0 aromatic heterocycles. The highest BCUT2D eigenvalue weighted by atomic mass is 16.7. The van der Waals surface area contributed by atoms with Crippen molar-refractivity contribution >= 4 is 0 Å². The molecule has 3 N–H and O–H groups in total. The lowest BCUT2D eigenvalue weighted by Crippen LogP contribution is -2.45. The molecule has 0 spiro atoms. The largest absolute Gasteiger partial charge is 0.395 e. The smallest absolute Gasteiger partial charge is 0.169 e. The lowest BCUT2D eigenvalue weighted by atomic mass is 9.90. The zero-order chi connectivity index (χ0) is 9.03. The van der Waals surface area contributed by atoms with Gasteiger partial charge in [0.2, 0.25) is 0 Å². The normalized spacial score (nSPS) is 20.2. The van der Waals surface area contributed by atoms with Gasteiger partial charge in [-0.1, -0.05) is 0 Å². The van der Waals surface area contributed by atoms with Gasteiger partial charge in [-0.2, -0.15) is 0 Å². The second kappa shape index (κ2) is 4.15.